The van der Waals surface area contributed by atoms with Gasteiger partial charge in [0.05, 0.1) is 0 Å². The van der Waals surface area contributed by atoms with Gasteiger partial charge in [0.2, 0.25) is 5.91 Å². The molecule has 82 valence electrons. The molecule has 0 saturated carbocycles. The number of amides is 1. The molecule has 0 N–H and O–H groups in total. The second-order valence-electron chi connectivity index (χ2n) is 3.29. The van der Waals surface area contributed by atoms with Crippen LogP contribution in [0.25, 0.3) is 6.08 Å². The number of carbonyl (C=O) groups is 1. The number of rotatable bonds is 4. The topological polar surface area (TPSA) is 20.3 Å². The Morgan fingerprint density at radius 3 is 2.53 bits per heavy atom. The van der Waals surface area contributed by atoms with Crippen LogP contribution in [0.4, 0.5) is 0 Å². The minimum Gasteiger partial charge on any atom is -0.340 e. The maximum absolute atomic E-state index is 11.6. The van der Waals surface area contributed by atoms with Crippen LogP contribution in [-0.4, -0.2) is 23.9 Å². The molecule has 2 nitrogen and oxygen atoms in total. The molecular formula is C12H17NOS. The Bertz CT molecular complexity index is 350. The fourth-order valence-electron chi connectivity index (χ4n) is 1.34. The molecule has 0 aromatic carbocycles. The summed E-state index contributed by atoms with van der Waals surface area (Å²) >= 11 is 1.70. The van der Waals surface area contributed by atoms with Crippen LogP contribution in [0, 0.1) is 6.92 Å². The van der Waals surface area contributed by atoms with Gasteiger partial charge in [0.1, 0.15) is 0 Å². The zero-order chi connectivity index (χ0) is 11.3. The van der Waals surface area contributed by atoms with Gasteiger partial charge in [-0.1, -0.05) is 0 Å². The van der Waals surface area contributed by atoms with Crippen LogP contribution in [-0.2, 0) is 4.79 Å². The lowest BCUT2D eigenvalue weighted by atomic mass is 10.3. The smallest absolute Gasteiger partial charge is 0.246 e. The van der Waals surface area contributed by atoms with Gasteiger partial charge in [-0.25, -0.2) is 0 Å². The van der Waals surface area contributed by atoms with Gasteiger partial charge >= 0.3 is 0 Å². The maximum atomic E-state index is 11.6. The molecule has 1 amide bonds. The highest BCUT2D eigenvalue weighted by molar-refractivity contribution is 7.12. The lowest BCUT2D eigenvalue weighted by Gasteiger charge is -2.15. The van der Waals surface area contributed by atoms with E-state index in [2.05, 4.69) is 13.0 Å². The number of thiophene rings is 1. The summed E-state index contributed by atoms with van der Waals surface area (Å²) in [4.78, 5) is 15.8. The van der Waals surface area contributed by atoms with E-state index >= 15 is 0 Å². The van der Waals surface area contributed by atoms with Crippen molar-refractivity contribution in [3.63, 3.8) is 0 Å². The molecule has 0 unspecified atom stereocenters. The first kappa shape index (κ1) is 12.0. The molecule has 0 atom stereocenters. The van der Waals surface area contributed by atoms with Crippen LogP contribution in [0.5, 0.6) is 0 Å². The fourth-order valence-corrected chi connectivity index (χ4v) is 2.12. The van der Waals surface area contributed by atoms with Crippen molar-refractivity contribution in [3.05, 3.63) is 28.0 Å². The molecule has 1 rings (SSSR count). The Kier molecular flexibility index (Phi) is 4.56. The average molecular weight is 223 g/mol. The summed E-state index contributed by atoms with van der Waals surface area (Å²) in [7, 11) is 0. The molecule has 0 fully saturated rings. The van der Waals surface area contributed by atoms with Crippen molar-refractivity contribution in [2.75, 3.05) is 13.1 Å². The first-order valence-electron chi connectivity index (χ1n) is 5.20. The highest BCUT2D eigenvalue weighted by atomic mass is 32.1. The Balaban J connectivity index is 2.61. The van der Waals surface area contributed by atoms with Crippen molar-refractivity contribution in [3.8, 4) is 0 Å². The van der Waals surface area contributed by atoms with Crippen molar-refractivity contribution in [1.29, 1.82) is 0 Å². The SMILES string of the molecule is CCN(CC)C(=O)C=Cc1ccc(C)s1. The number of nitrogens with zero attached hydrogens (tertiary/aromatic N) is 1. The molecule has 0 aliphatic heterocycles. The van der Waals surface area contributed by atoms with Crippen molar-refractivity contribution in [2.45, 2.75) is 20.8 Å². The molecular weight excluding hydrogens is 206 g/mol. The summed E-state index contributed by atoms with van der Waals surface area (Å²) in [5.74, 6) is 0.0889. The summed E-state index contributed by atoms with van der Waals surface area (Å²) in [5, 5.41) is 0. The molecule has 0 saturated heterocycles. The Labute approximate surface area is 95.2 Å². The lowest BCUT2D eigenvalue weighted by molar-refractivity contribution is -0.125. The highest BCUT2D eigenvalue weighted by Crippen LogP contribution is 2.16. The third-order valence-electron chi connectivity index (χ3n) is 2.23. The minimum atomic E-state index is 0.0889. The van der Waals surface area contributed by atoms with Gasteiger partial charge in [-0.05, 0) is 39.0 Å². The zero-order valence-electron chi connectivity index (χ0n) is 9.49. The van der Waals surface area contributed by atoms with Gasteiger partial charge in [-0.2, -0.15) is 0 Å². The molecule has 0 spiro atoms. The minimum absolute atomic E-state index is 0.0889. The van der Waals surface area contributed by atoms with E-state index in [1.54, 1.807) is 22.3 Å². The van der Waals surface area contributed by atoms with Crippen molar-refractivity contribution in [1.82, 2.24) is 4.90 Å². The van der Waals surface area contributed by atoms with E-state index in [9.17, 15) is 4.79 Å². The van der Waals surface area contributed by atoms with Crippen LogP contribution in [0.2, 0.25) is 0 Å². The molecule has 15 heavy (non-hydrogen) atoms. The number of likely N-dealkylation sites (N-methyl/N-ethyl adjacent to an activating group) is 1. The summed E-state index contributed by atoms with van der Waals surface area (Å²) in [5.41, 5.74) is 0. The van der Waals surface area contributed by atoms with Crippen LogP contribution < -0.4 is 0 Å². The van der Waals surface area contributed by atoms with E-state index in [1.165, 1.54) is 4.88 Å². The quantitative estimate of drug-likeness (QED) is 0.719. The summed E-state index contributed by atoms with van der Waals surface area (Å²) in [6, 6.07) is 4.10. The van der Waals surface area contributed by atoms with E-state index in [0.29, 0.717) is 0 Å². The van der Waals surface area contributed by atoms with E-state index in [1.807, 2.05) is 26.0 Å². The van der Waals surface area contributed by atoms with Gasteiger partial charge < -0.3 is 4.90 Å². The third-order valence-corrected chi connectivity index (χ3v) is 3.19. The average Bonchev–Trinajstić information content (AvgIpc) is 2.63. The third kappa shape index (κ3) is 3.51. The van der Waals surface area contributed by atoms with E-state index < -0.39 is 0 Å². The van der Waals surface area contributed by atoms with Gasteiger partial charge in [0, 0.05) is 28.9 Å². The first-order valence-corrected chi connectivity index (χ1v) is 6.02. The Hall–Kier alpha value is -1.09. The summed E-state index contributed by atoms with van der Waals surface area (Å²) in [6.45, 7) is 7.58. The van der Waals surface area contributed by atoms with Crippen LogP contribution in [0.1, 0.15) is 23.6 Å². The number of aryl methyl sites for hydroxylation is 1. The molecule has 0 radical (unpaired) electrons. The van der Waals surface area contributed by atoms with Gasteiger partial charge in [0.25, 0.3) is 0 Å². The summed E-state index contributed by atoms with van der Waals surface area (Å²) in [6.07, 6.45) is 3.54. The van der Waals surface area contributed by atoms with Crippen LogP contribution in [0.15, 0.2) is 18.2 Å². The number of hydrogen-bond donors (Lipinski definition) is 0. The normalized spacial score (nSPS) is 10.9. The largest absolute Gasteiger partial charge is 0.340 e. The van der Waals surface area contributed by atoms with E-state index in [0.717, 1.165) is 18.0 Å². The standard InChI is InChI=1S/C12H17NOS/c1-4-13(5-2)12(14)9-8-11-7-6-10(3)15-11/h6-9H,4-5H2,1-3H3. The molecule has 0 aliphatic rings. The van der Waals surface area contributed by atoms with Crippen molar-refractivity contribution in [2.24, 2.45) is 0 Å². The zero-order valence-corrected chi connectivity index (χ0v) is 10.3. The van der Waals surface area contributed by atoms with Crippen LogP contribution in [0.3, 0.4) is 0 Å². The fraction of sp³-hybridized carbons (Fsp3) is 0.417. The maximum Gasteiger partial charge on any atom is 0.246 e. The molecule has 0 bridgehead atoms. The van der Waals surface area contributed by atoms with Gasteiger partial charge in [-0.15, -0.1) is 11.3 Å². The first-order chi connectivity index (χ1) is 7.17. The molecule has 1 aromatic heterocycles. The monoisotopic (exact) mass is 223 g/mol. The molecule has 1 heterocycles. The second kappa shape index (κ2) is 5.71. The predicted octanol–water partition coefficient (Wildman–Crippen LogP) is 2.94. The van der Waals surface area contributed by atoms with Crippen LogP contribution >= 0.6 is 11.3 Å². The Morgan fingerprint density at radius 2 is 2.07 bits per heavy atom. The molecule has 1 aromatic rings. The number of carbonyl (C=O) groups excluding carboxylic acids is 1. The lowest BCUT2D eigenvalue weighted by Crippen LogP contribution is -2.28. The highest BCUT2D eigenvalue weighted by Gasteiger charge is 2.04. The molecule has 0 aliphatic carbocycles. The van der Waals surface area contributed by atoms with Crippen molar-refractivity contribution >= 4 is 23.3 Å². The van der Waals surface area contributed by atoms with Crippen molar-refractivity contribution < 1.29 is 4.79 Å². The predicted molar refractivity (Wildman–Crippen MR) is 66.0 cm³/mol. The summed E-state index contributed by atoms with van der Waals surface area (Å²) < 4.78 is 0. The van der Waals surface area contributed by atoms with E-state index in [4.69, 9.17) is 0 Å². The number of hydrogen-bond acceptors (Lipinski definition) is 2. The Morgan fingerprint density at radius 1 is 1.40 bits per heavy atom. The second-order valence-corrected chi connectivity index (χ2v) is 4.61. The van der Waals surface area contributed by atoms with Gasteiger partial charge in [0.15, 0.2) is 0 Å². The molecule has 3 heteroatoms. The van der Waals surface area contributed by atoms with E-state index in [-0.39, 0.29) is 5.91 Å². The van der Waals surface area contributed by atoms with Gasteiger partial charge in [-0.3, -0.25) is 4.79 Å².